The number of carbonyl (C=O) groups excluding carboxylic acids is 1. The van der Waals surface area contributed by atoms with Crippen molar-refractivity contribution in [1.82, 2.24) is 9.97 Å². The van der Waals surface area contributed by atoms with Gasteiger partial charge in [-0.2, -0.15) is 0 Å². The van der Waals surface area contributed by atoms with Gasteiger partial charge in [0.25, 0.3) is 5.91 Å². The van der Waals surface area contributed by atoms with Crippen LogP contribution in [0.25, 0.3) is 11.3 Å². The molecule has 1 fully saturated rings. The fraction of sp³-hybridized carbons (Fsp3) is 0.320. The maximum Gasteiger partial charge on any atom is 0.274 e. The largest absolute Gasteiger partial charge is 0.367 e. The Kier molecular flexibility index (Phi) is 6.42. The number of hydrogen-bond donors (Lipinski definition) is 2. The van der Waals surface area contributed by atoms with Gasteiger partial charge in [0.1, 0.15) is 28.8 Å². The van der Waals surface area contributed by atoms with E-state index in [0.717, 1.165) is 24.3 Å². The van der Waals surface area contributed by atoms with E-state index in [2.05, 4.69) is 15.3 Å². The number of anilines is 1. The van der Waals surface area contributed by atoms with Crippen molar-refractivity contribution in [2.24, 2.45) is 5.73 Å². The summed E-state index contributed by atoms with van der Waals surface area (Å²) in [7, 11) is 0. The van der Waals surface area contributed by atoms with Gasteiger partial charge in [0.15, 0.2) is 0 Å². The van der Waals surface area contributed by atoms with Crippen LogP contribution in [0.3, 0.4) is 0 Å². The number of hydrogen-bond acceptors (Lipinski definition) is 5. The summed E-state index contributed by atoms with van der Waals surface area (Å²) < 4.78 is 49.5. The number of amides is 1. The zero-order chi connectivity index (χ0) is 24.6. The molecule has 178 valence electrons. The fourth-order valence-corrected chi connectivity index (χ4v) is 4.31. The number of pyridine rings is 2. The molecule has 1 aliphatic rings. The number of ether oxygens (including phenoxy) is 1. The van der Waals surface area contributed by atoms with E-state index in [1.807, 2.05) is 13.8 Å². The molecule has 1 saturated heterocycles. The average molecular weight is 470 g/mol. The molecule has 9 heteroatoms. The standard InChI is InChI=1S/C25H25F3N4O2/c1-13-8-17(27)22(18(28)9-13)23-16(26)4-5-19(31-23)24(33)32-20-12-30-7-6-15(20)21-10-14(29)11-25(2,3)34-21/h4-9,12,14,21H,10-11,29H2,1-3H3,(H,32,33)/t14-,21+/m1/s1. The molecule has 3 aromatic rings. The number of halogens is 3. The van der Waals surface area contributed by atoms with Crippen molar-refractivity contribution in [3.05, 3.63) is 77.0 Å². The Morgan fingerprint density at radius 2 is 1.85 bits per heavy atom. The average Bonchev–Trinajstić information content (AvgIpc) is 2.73. The van der Waals surface area contributed by atoms with Crippen molar-refractivity contribution in [2.45, 2.75) is 51.4 Å². The van der Waals surface area contributed by atoms with Gasteiger partial charge in [-0.1, -0.05) is 0 Å². The molecule has 2 aromatic heterocycles. The van der Waals surface area contributed by atoms with Crippen LogP contribution in [-0.4, -0.2) is 27.5 Å². The van der Waals surface area contributed by atoms with Gasteiger partial charge in [-0.15, -0.1) is 0 Å². The smallest absolute Gasteiger partial charge is 0.274 e. The molecule has 6 nitrogen and oxygen atoms in total. The molecule has 3 N–H and O–H groups in total. The lowest BCUT2D eigenvalue weighted by atomic mass is 9.88. The lowest BCUT2D eigenvalue weighted by Gasteiger charge is -2.40. The molecule has 0 bridgehead atoms. The number of aryl methyl sites for hydroxylation is 1. The first kappa shape index (κ1) is 23.8. The Labute approximate surface area is 195 Å². The molecule has 0 aliphatic carbocycles. The number of nitrogens with one attached hydrogen (secondary N) is 1. The molecule has 4 rings (SSSR count). The van der Waals surface area contributed by atoms with E-state index in [1.54, 1.807) is 12.3 Å². The van der Waals surface area contributed by atoms with Gasteiger partial charge in [-0.3, -0.25) is 9.78 Å². The van der Waals surface area contributed by atoms with E-state index in [-0.39, 0.29) is 17.8 Å². The zero-order valence-electron chi connectivity index (χ0n) is 19.0. The van der Waals surface area contributed by atoms with Crippen molar-refractivity contribution < 1.29 is 22.7 Å². The number of nitrogens with two attached hydrogens (primary N) is 1. The fourth-order valence-electron chi connectivity index (χ4n) is 4.31. The van der Waals surface area contributed by atoms with Crippen LogP contribution in [0.15, 0.2) is 42.7 Å². The van der Waals surface area contributed by atoms with Gasteiger partial charge in [-0.05, 0) is 69.5 Å². The van der Waals surface area contributed by atoms with Crippen LogP contribution in [0.4, 0.5) is 18.9 Å². The minimum absolute atomic E-state index is 0.0777. The maximum absolute atomic E-state index is 14.5. The van der Waals surface area contributed by atoms with E-state index in [1.165, 1.54) is 13.1 Å². The number of aromatic nitrogens is 2. The van der Waals surface area contributed by atoms with Gasteiger partial charge in [0.2, 0.25) is 0 Å². The summed E-state index contributed by atoms with van der Waals surface area (Å²) in [6.07, 6.45) is 3.93. The lowest BCUT2D eigenvalue weighted by molar-refractivity contribution is -0.114. The number of nitrogens with zero attached hydrogens (tertiary/aromatic N) is 2. The minimum atomic E-state index is -0.968. The summed E-state index contributed by atoms with van der Waals surface area (Å²) in [6, 6.07) is 5.89. The normalized spacial score (nSPS) is 19.6. The predicted molar refractivity (Wildman–Crippen MR) is 122 cm³/mol. The van der Waals surface area contributed by atoms with Crippen LogP contribution in [-0.2, 0) is 4.74 Å². The second kappa shape index (κ2) is 9.15. The second-order valence-electron chi connectivity index (χ2n) is 9.11. The highest BCUT2D eigenvalue weighted by atomic mass is 19.1. The first-order valence-corrected chi connectivity index (χ1v) is 10.9. The van der Waals surface area contributed by atoms with Crippen molar-refractivity contribution >= 4 is 11.6 Å². The molecule has 0 spiro atoms. The van der Waals surface area contributed by atoms with Gasteiger partial charge < -0.3 is 15.8 Å². The predicted octanol–water partition coefficient (Wildman–Crippen LogP) is 5.08. The third-order valence-electron chi connectivity index (χ3n) is 5.68. The highest BCUT2D eigenvalue weighted by molar-refractivity contribution is 6.03. The Balaban J connectivity index is 1.65. The van der Waals surface area contributed by atoms with Crippen LogP contribution in [0.5, 0.6) is 0 Å². The third-order valence-corrected chi connectivity index (χ3v) is 5.68. The quantitative estimate of drug-likeness (QED) is 0.555. The SMILES string of the molecule is Cc1cc(F)c(-c2nc(C(=O)Nc3cnccc3[C@@H]3C[C@@H](N)CC(C)(C)O3)ccc2F)c(F)c1. The molecule has 1 aliphatic heterocycles. The zero-order valence-corrected chi connectivity index (χ0v) is 19.0. The Morgan fingerprint density at radius 1 is 1.15 bits per heavy atom. The molecule has 34 heavy (non-hydrogen) atoms. The summed E-state index contributed by atoms with van der Waals surface area (Å²) in [5.74, 6) is -3.58. The van der Waals surface area contributed by atoms with Crippen molar-refractivity contribution in [1.29, 1.82) is 0 Å². The molecule has 0 radical (unpaired) electrons. The number of carbonyl (C=O) groups is 1. The molecule has 3 heterocycles. The van der Waals surface area contributed by atoms with Gasteiger partial charge in [-0.25, -0.2) is 18.2 Å². The van der Waals surface area contributed by atoms with Crippen LogP contribution in [0.1, 0.15) is 54.4 Å². The Bertz CT molecular complexity index is 1230. The van der Waals surface area contributed by atoms with Crippen molar-refractivity contribution in [2.75, 3.05) is 5.32 Å². The molecular weight excluding hydrogens is 445 g/mol. The Hall–Kier alpha value is -3.30. The molecule has 0 saturated carbocycles. The number of rotatable bonds is 4. The highest BCUT2D eigenvalue weighted by Crippen LogP contribution is 2.39. The van der Waals surface area contributed by atoms with Crippen LogP contribution < -0.4 is 11.1 Å². The van der Waals surface area contributed by atoms with Crippen LogP contribution >= 0.6 is 0 Å². The van der Waals surface area contributed by atoms with E-state index >= 15 is 0 Å². The van der Waals surface area contributed by atoms with E-state index in [4.69, 9.17) is 10.5 Å². The minimum Gasteiger partial charge on any atom is -0.367 e. The highest BCUT2D eigenvalue weighted by Gasteiger charge is 2.35. The third kappa shape index (κ3) is 4.95. The topological polar surface area (TPSA) is 90.1 Å². The monoisotopic (exact) mass is 470 g/mol. The summed E-state index contributed by atoms with van der Waals surface area (Å²) in [5.41, 5.74) is 5.73. The van der Waals surface area contributed by atoms with Crippen molar-refractivity contribution in [3.63, 3.8) is 0 Å². The molecular formula is C25H25F3N4O2. The van der Waals surface area contributed by atoms with Gasteiger partial charge >= 0.3 is 0 Å². The lowest BCUT2D eigenvalue weighted by Crippen LogP contribution is -2.42. The summed E-state index contributed by atoms with van der Waals surface area (Å²) >= 11 is 0. The van der Waals surface area contributed by atoms with E-state index in [9.17, 15) is 18.0 Å². The van der Waals surface area contributed by atoms with Gasteiger partial charge in [0, 0.05) is 17.8 Å². The first-order valence-electron chi connectivity index (χ1n) is 10.9. The molecule has 2 atom stereocenters. The summed E-state index contributed by atoms with van der Waals surface area (Å²) in [5, 5.41) is 2.71. The molecule has 0 unspecified atom stereocenters. The van der Waals surface area contributed by atoms with Crippen LogP contribution in [0, 0.1) is 24.4 Å². The maximum atomic E-state index is 14.5. The van der Waals surface area contributed by atoms with Crippen LogP contribution in [0.2, 0.25) is 0 Å². The first-order chi connectivity index (χ1) is 16.0. The summed E-state index contributed by atoms with van der Waals surface area (Å²) in [4.78, 5) is 21.0. The molecule has 1 aromatic carbocycles. The van der Waals surface area contributed by atoms with Crippen molar-refractivity contribution in [3.8, 4) is 11.3 Å². The van der Waals surface area contributed by atoms with E-state index in [0.29, 0.717) is 29.7 Å². The Morgan fingerprint density at radius 3 is 2.53 bits per heavy atom. The van der Waals surface area contributed by atoms with E-state index < -0.39 is 40.2 Å². The molecule has 1 amide bonds. The van der Waals surface area contributed by atoms with Gasteiger partial charge in [0.05, 0.1) is 29.2 Å². The second-order valence-corrected chi connectivity index (χ2v) is 9.11. The number of benzene rings is 1. The summed E-state index contributed by atoms with van der Waals surface area (Å²) in [6.45, 7) is 5.41.